The molecule has 2 rings (SSSR count). The third-order valence-electron chi connectivity index (χ3n) is 2.27. The first-order chi connectivity index (χ1) is 10.0. The van der Waals surface area contributed by atoms with Crippen molar-refractivity contribution in [2.24, 2.45) is 10.9 Å². The van der Waals surface area contributed by atoms with Gasteiger partial charge in [-0.1, -0.05) is 5.16 Å². The van der Waals surface area contributed by atoms with Gasteiger partial charge in [0.2, 0.25) is 0 Å². The summed E-state index contributed by atoms with van der Waals surface area (Å²) in [6.45, 7) is 0. The van der Waals surface area contributed by atoms with Crippen LogP contribution in [0.25, 0.3) is 0 Å². The second-order valence-electron chi connectivity index (χ2n) is 3.63. The summed E-state index contributed by atoms with van der Waals surface area (Å²) >= 11 is 0.920. The number of hydrogen-bond donors (Lipinski definition) is 3. The number of nitrogens with zero attached hydrogens (tertiary/aromatic N) is 4. The van der Waals surface area contributed by atoms with Gasteiger partial charge >= 0.3 is 0 Å². The van der Waals surface area contributed by atoms with Crippen molar-refractivity contribution in [2.75, 3.05) is 0 Å². The molecule has 0 bridgehead atoms. The Bertz CT molecular complexity index is 774. The maximum atomic E-state index is 11.2. The van der Waals surface area contributed by atoms with Crippen molar-refractivity contribution in [3.05, 3.63) is 50.6 Å². The molecule has 0 unspecified atom stereocenters. The summed E-state index contributed by atoms with van der Waals surface area (Å²) in [5.74, 6) is -0.341. The minimum absolute atomic E-state index is 0.0585. The Morgan fingerprint density at radius 2 is 2.29 bits per heavy atom. The van der Waals surface area contributed by atoms with Gasteiger partial charge in [-0.2, -0.15) is 0 Å². The van der Waals surface area contributed by atoms with E-state index in [9.17, 15) is 14.9 Å². The molecule has 11 heteroatoms. The Kier molecular flexibility index (Phi) is 4.13. The lowest BCUT2D eigenvalue weighted by Crippen LogP contribution is -2.15. The lowest BCUT2D eigenvalue weighted by molar-refractivity contribution is -0.385. The van der Waals surface area contributed by atoms with Crippen molar-refractivity contribution >= 4 is 23.3 Å². The number of aromatic nitrogens is 3. The van der Waals surface area contributed by atoms with Crippen molar-refractivity contribution in [1.29, 1.82) is 0 Å². The maximum absolute atomic E-state index is 11.2. The molecule has 21 heavy (non-hydrogen) atoms. The highest BCUT2D eigenvalue weighted by atomic mass is 32.2. The Labute approximate surface area is 120 Å². The molecule has 2 aromatic heterocycles. The number of aromatic amines is 1. The van der Waals surface area contributed by atoms with E-state index in [4.69, 9.17) is 10.9 Å². The van der Waals surface area contributed by atoms with Crippen molar-refractivity contribution in [3.8, 4) is 0 Å². The first-order valence-corrected chi connectivity index (χ1v) is 6.18. The van der Waals surface area contributed by atoms with Crippen LogP contribution >= 0.6 is 11.8 Å². The molecular weight excluding hydrogens is 300 g/mol. The fourth-order valence-corrected chi connectivity index (χ4v) is 2.18. The molecule has 0 saturated carbocycles. The lowest BCUT2D eigenvalue weighted by Gasteiger charge is -2.05. The summed E-state index contributed by atoms with van der Waals surface area (Å²) < 4.78 is 0. The van der Waals surface area contributed by atoms with Gasteiger partial charge in [-0.15, -0.1) is 0 Å². The van der Waals surface area contributed by atoms with Crippen molar-refractivity contribution < 1.29 is 10.1 Å². The number of amidine groups is 1. The summed E-state index contributed by atoms with van der Waals surface area (Å²) in [6.07, 6.45) is 2.33. The molecule has 2 heterocycles. The molecule has 0 aliphatic heterocycles. The summed E-state index contributed by atoms with van der Waals surface area (Å²) in [5.41, 5.74) is 4.87. The average Bonchev–Trinajstić information content (AvgIpc) is 2.46. The highest BCUT2D eigenvalue weighted by molar-refractivity contribution is 7.99. The van der Waals surface area contributed by atoms with Gasteiger partial charge in [-0.3, -0.25) is 14.9 Å². The molecule has 2 aromatic rings. The Hall–Kier alpha value is -2.95. The fraction of sp³-hybridized carbons (Fsp3) is 0. The predicted molar refractivity (Wildman–Crippen MR) is 72.4 cm³/mol. The van der Waals surface area contributed by atoms with Gasteiger partial charge in [0, 0.05) is 18.3 Å². The van der Waals surface area contributed by atoms with Crippen LogP contribution in [0.4, 0.5) is 5.69 Å². The SMILES string of the molecule is NC(=NO)c1cc([N+](=O)[O-])cnc1Sc1nccc(=O)[nH]1. The van der Waals surface area contributed by atoms with E-state index in [2.05, 4.69) is 20.1 Å². The van der Waals surface area contributed by atoms with Crippen LogP contribution in [-0.2, 0) is 0 Å². The molecule has 10 nitrogen and oxygen atoms in total. The minimum Gasteiger partial charge on any atom is -0.409 e. The summed E-state index contributed by atoms with van der Waals surface area (Å²) in [5, 5.41) is 22.7. The first kappa shape index (κ1) is 14.5. The largest absolute Gasteiger partial charge is 0.409 e. The smallest absolute Gasteiger partial charge is 0.288 e. The zero-order valence-electron chi connectivity index (χ0n) is 10.3. The van der Waals surface area contributed by atoms with Gasteiger partial charge in [-0.05, 0) is 11.8 Å². The van der Waals surface area contributed by atoms with E-state index in [1.54, 1.807) is 0 Å². The second kappa shape index (κ2) is 6.00. The molecule has 0 radical (unpaired) electrons. The van der Waals surface area contributed by atoms with Gasteiger partial charge in [0.25, 0.3) is 11.2 Å². The van der Waals surface area contributed by atoms with Crippen molar-refractivity contribution in [3.63, 3.8) is 0 Å². The molecule has 0 amide bonds. The van der Waals surface area contributed by atoms with Gasteiger partial charge in [0.15, 0.2) is 11.0 Å². The van der Waals surface area contributed by atoms with Gasteiger partial charge < -0.3 is 15.9 Å². The van der Waals surface area contributed by atoms with Crippen LogP contribution in [0.2, 0.25) is 0 Å². The average molecular weight is 308 g/mol. The van der Waals surface area contributed by atoms with Crippen LogP contribution in [0.5, 0.6) is 0 Å². The quantitative estimate of drug-likeness (QED) is 0.182. The number of nitrogens with one attached hydrogen (secondary N) is 1. The predicted octanol–water partition coefficient (Wildman–Crippen LogP) is 0.319. The van der Waals surface area contributed by atoms with Crippen LogP contribution in [0.1, 0.15) is 5.56 Å². The Morgan fingerprint density at radius 3 is 2.90 bits per heavy atom. The Balaban J connectivity index is 2.47. The molecule has 108 valence electrons. The molecule has 0 spiro atoms. The molecule has 4 N–H and O–H groups in total. The molecule has 0 saturated heterocycles. The molecule has 0 aliphatic rings. The van der Waals surface area contributed by atoms with Gasteiger partial charge in [0.05, 0.1) is 10.5 Å². The van der Waals surface area contributed by atoms with E-state index < -0.39 is 4.92 Å². The van der Waals surface area contributed by atoms with E-state index in [-0.39, 0.29) is 32.8 Å². The minimum atomic E-state index is -0.655. The maximum Gasteiger partial charge on any atom is 0.288 e. The van der Waals surface area contributed by atoms with Gasteiger partial charge in [-0.25, -0.2) is 9.97 Å². The molecule has 0 fully saturated rings. The number of rotatable bonds is 4. The van der Waals surface area contributed by atoms with Crippen LogP contribution < -0.4 is 11.3 Å². The molecule has 0 atom stereocenters. The topological polar surface area (TPSA) is 160 Å². The zero-order valence-corrected chi connectivity index (χ0v) is 11.1. The first-order valence-electron chi connectivity index (χ1n) is 5.37. The number of nitro groups is 1. The molecule has 0 aliphatic carbocycles. The summed E-state index contributed by atoms with van der Waals surface area (Å²) in [6, 6.07) is 2.35. The number of H-pyrrole nitrogens is 1. The number of oxime groups is 1. The standard InChI is InChI=1S/C10H8N6O4S/c11-8(15-18)6-3-5(16(19)20)4-13-9(6)21-10-12-2-1-7(17)14-10/h1-4,18H,(H2,11,15)(H,12,14,17). The van der Waals surface area contributed by atoms with E-state index in [1.807, 2.05) is 0 Å². The Morgan fingerprint density at radius 1 is 1.52 bits per heavy atom. The van der Waals surface area contributed by atoms with Crippen molar-refractivity contribution in [2.45, 2.75) is 10.2 Å². The number of hydrogen-bond acceptors (Lipinski definition) is 8. The lowest BCUT2D eigenvalue weighted by atomic mass is 10.2. The molecular formula is C10H8N6O4S. The van der Waals surface area contributed by atoms with Crippen molar-refractivity contribution in [1.82, 2.24) is 15.0 Å². The van der Waals surface area contributed by atoms with Crippen LogP contribution in [0.15, 0.2) is 44.7 Å². The number of nitrogens with two attached hydrogens (primary N) is 1. The summed E-state index contributed by atoms with van der Waals surface area (Å²) in [7, 11) is 0. The number of pyridine rings is 1. The van der Waals surface area contributed by atoms with Gasteiger partial charge in [0.1, 0.15) is 11.2 Å². The summed E-state index contributed by atoms with van der Waals surface area (Å²) in [4.78, 5) is 31.5. The monoisotopic (exact) mass is 308 g/mol. The third-order valence-corrected chi connectivity index (χ3v) is 3.19. The van der Waals surface area contributed by atoms with E-state index in [1.165, 1.54) is 12.3 Å². The zero-order chi connectivity index (χ0) is 15.4. The molecule has 0 aromatic carbocycles. The third kappa shape index (κ3) is 3.33. The fourth-order valence-electron chi connectivity index (χ4n) is 1.36. The van der Waals surface area contributed by atoms with Crippen LogP contribution in [0, 0.1) is 10.1 Å². The van der Waals surface area contributed by atoms with E-state index in [0.717, 1.165) is 24.0 Å². The van der Waals surface area contributed by atoms with Crippen LogP contribution in [0.3, 0.4) is 0 Å². The van der Waals surface area contributed by atoms with Crippen LogP contribution in [-0.4, -0.2) is 30.9 Å². The van der Waals surface area contributed by atoms with E-state index in [0.29, 0.717) is 0 Å². The normalized spacial score (nSPS) is 11.3. The highest BCUT2D eigenvalue weighted by Gasteiger charge is 2.17. The second-order valence-corrected chi connectivity index (χ2v) is 4.61. The highest BCUT2D eigenvalue weighted by Crippen LogP contribution is 2.27. The van der Waals surface area contributed by atoms with E-state index >= 15 is 0 Å².